The molecular weight excluding hydrogens is 195 g/mol. The highest BCUT2D eigenvalue weighted by Gasteiger charge is 2.08. The van der Waals surface area contributed by atoms with Gasteiger partial charge < -0.3 is 10.0 Å². The van der Waals surface area contributed by atoms with Crippen molar-refractivity contribution in [3.05, 3.63) is 28.7 Å². The van der Waals surface area contributed by atoms with Gasteiger partial charge >= 0.3 is 7.12 Å². The lowest BCUT2D eigenvalue weighted by molar-refractivity contribution is 0.426. The third-order valence-corrected chi connectivity index (χ3v) is 1.70. The Labute approximate surface area is 70.7 Å². The lowest BCUT2D eigenvalue weighted by atomic mass is 9.81. The first-order valence-electron chi connectivity index (χ1n) is 2.82. The second-order valence-electron chi connectivity index (χ2n) is 1.93. The molecule has 0 unspecified atom stereocenters. The number of hydrogen-bond acceptors (Lipinski definition) is 2. The molecule has 2 nitrogen and oxygen atoms in total. The zero-order valence-corrected chi connectivity index (χ0v) is 6.75. The van der Waals surface area contributed by atoms with E-state index >= 15 is 0 Å². The molecule has 0 radical (unpaired) electrons. The van der Waals surface area contributed by atoms with Crippen LogP contribution in [-0.2, 0) is 0 Å². The Morgan fingerprint density at radius 3 is 2.10 bits per heavy atom. The first kappa shape index (κ1) is 7.79. The molecule has 0 heterocycles. The quantitative estimate of drug-likeness (QED) is 0.659. The van der Waals surface area contributed by atoms with Gasteiger partial charge in [0.15, 0.2) is 0 Å². The molecule has 1 aromatic carbocycles. The standard InChI is InChI=1S/C6H6BBrO2.2H2/c8-6-3-1-5(2-4-6)7(9)10;;/h1-4,9-10H;2*1H. The number of rotatable bonds is 1. The second-order valence-corrected chi connectivity index (χ2v) is 2.84. The van der Waals surface area contributed by atoms with Crippen molar-refractivity contribution in [2.75, 3.05) is 0 Å². The van der Waals surface area contributed by atoms with E-state index in [1.165, 1.54) is 0 Å². The van der Waals surface area contributed by atoms with Crippen LogP contribution in [0.25, 0.3) is 0 Å². The van der Waals surface area contributed by atoms with Crippen LogP contribution in [-0.4, -0.2) is 17.2 Å². The summed E-state index contributed by atoms with van der Waals surface area (Å²) in [6.45, 7) is 0. The number of hydrogen-bond donors (Lipinski definition) is 2. The van der Waals surface area contributed by atoms with Crippen LogP contribution in [0.3, 0.4) is 0 Å². The smallest absolute Gasteiger partial charge is 0.423 e. The van der Waals surface area contributed by atoms with Crippen molar-refractivity contribution in [2.45, 2.75) is 0 Å². The molecule has 0 saturated carbocycles. The lowest BCUT2D eigenvalue weighted by Gasteiger charge is -1.96. The molecule has 1 aromatic rings. The molecule has 0 spiro atoms. The predicted octanol–water partition coefficient (Wildman–Crippen LogP) is 0.621. The van der Waals surface area contributed by atoms with Crippen molar-refractivity contribution in [2.24, 2.45) is 0 Å². The summed E-state index contributed by atoms with van der Waals surface area (Å²) in [5, 5.41) is 17.3. The zero-order chi connectivity index (χ0) is 7.56. The molecule has 0 aromatic heterocycles. The van der Waals surface area contributed by atoms with Gasteiger partial charge in [0.25, 0.3) is 0 Å². The average molecular weight is 205 g/mol. The summed E-state index contributed by atoms with van der Waals surface area (Å²) < 4.78 is 0.928. The summed E-state index contributed by atoms with van der Waals surface area (Å²) in [5.41, 5.74) is 0.503. The Bertz CT molecular complexity index is 217. The molecule has 0 saturated heterocycles. The van der Waals surface area contributed by atoms with E-state index in [1.54, 1.807) is 24.3 Å². The largest absolute Gasteiger partial charge is 0.488 e. The average Bonchev–Trinajstić information content (AvgIpc) is 1.88. The molecule has 4 heteroatoms. The van der Waals surface area contributed by atoms with Crippen molar-refractivity contribution < 1.29 is 12.9 Å². The minimum Gasteiger partial charge on any atom is -0.423 e. The van der Waals surface area contributed by atoms with Gasteiger partial charge in [-0.25, -0.2) is 0 Å². The van der Waals surface area contributed by atoms with Gasteiger partial charge in [-0.2, -0.15) is 0 Å². The van der Waals surface area contributed by atoms with Crippen molar-refractivity contribution in [1.29, 1.82) is 0 Å². The Hall–Kier alpha value is -0.315. The maximum atomic E-state index is 8.65. The Balaban J connectivity index is 0. The fourth-order valence-electron chi connectivity index (χ4n) is 0.635. The molecule has 1 rings (SSSR count). The molecule has 0 aliphatic rings. The van der Waals surface area contributed by atoms with Gasteiger partial charge in [-0.15, -0.1) is 0 Å². The van der Waals surface area contributed by atoms with Crippen molar-refractivity contribution in [3.63, 3.8) is 0 Å². The van der Waals surface area contributed by atoms with Crippen LogP contribution >= 0.6 is 15.9 Å². The molecule has 0 amide bonds. The van der Waals surface area contributed by atoms with Gasteiger partial charge in [-0.05, 0) is 17.6 Å². The van der Waals surface area contributed by atoms with Gasteiger partial charge in [0.05, 0.1) is 0 Å². The molecule has 0 fully saturated rings. The van der Waals surface area contributed by atoms with E-state index in [9.17, 15) is 0 Å². The predicted molar refractivity (Wildman–Crippen MR) is 48.2 cm³/mol. The third kappa shape index (κ3) is 1.83. The van der Waals surface area contributed by atoms with Crippen LogP contribution in [0.1, 0.15) is 2.85 Å². The van der Waals surface area contributed by atoms with E-state index in [0.717, 1.165) is 4.47 Å². The lowest BCUT2D eigenvalue weighted by Crippen LogP contribution is -2.29. The van der Waals surface area contributed by atoms with E-state index in [2.05, 4.69) is 15.9 Å². The highest BCUT2D eigenvalue weighted by Crippen LogP contribution is 2.04. The summed E-state index contributed by atoms with van der Waals surface area (Å²) in [4.78, 5) is 0. The fourth-order valence-corrected chi connectivity index (χ4v) is 0.899. The summed E-state index contributed by atoms with van der Waals surface area (Å²) in [7, 11) is -1.37. The molecule has 56 valence electrons. The van der Waals surface area contributed by atoms with Gasteiger partial charge in [0, 0.05) is 7.33 Å². The van der Waals surface area contributed by atoms with Crippen LogP contribution in [0.15, 0.2) is 28.7 Å². The van der Waals surface area contributed by atoms with Crippen molar-refractivity contribution in [1.82, 2.24) is 0 Å². The minimum atomic E-state index is -1.37. The van der Waals surface area contributed by atoms with Gasteiger partial charge in [-0.3, -0.25) is 0 Å². The molecule has 0 aliphatic carbocycles. The SMILES string of the molecule is OB(O)c1ccc(Br)cc1.[HH].[HH]. The Kier molecular flexibility index (Phi) is 2.48. The first-order chi connectivity index (χ1) is 4.70. The fraction of sp³-hybridized carbons (Fsp3) is 0. The van der Waals surface area contributed by atoms with Gasteiger partial charge in [0.2, 0.25) is 0 Å². The van der Waals surface area contributed by atoms with Gasteiger partial charge in [0.1, 0.15) is 0 Å². The maximum absolute atomic E-state index is 8.65. The number of halogens is 1. The Morgan fingerprint density at radius 2 is 1.70 bits per heavy atom. The minimum absolute atomic E-state index is 0. The number of benzene rings is 1. The highest BCUT2D eigenvalue weighted by atomic mass is 79.9. The zero-order valence-electron chi connectivity index (χ0n) is 5.16. The van der Waals surface area contributed by atoms with E-state index in [4.69, 9.17) is 10.0 Å². The highest BCUT2D eigenvalue weighted by molar-refractivity contribution is 9.10. The molecule has 0 bridgehead atoms. The van der Waals surface area contributed by atoms with E-state index in [-0.39, 0.29) is 2.85 Å². The molecule has 2 N–H and O–H groups in total. The Morgan fingerprint density at radius 1 is 1.20 bits per heavy atom. The van der Waals surface area contributed by atoms with Crippen LogP contribution in [0.4, 0.5) is 0 Å². The first-order valence-corrected chi connectivity index (χ1v) is 3.61. The van der Waals surface area contributed by atoms with Crippen LogP contribution in [0, 0.1) is 0 Å². The van der Waals surface area contributed by atoms with Crippen molar-refractivity contribution >= 4 is 28.5 Å². The van der Waals surface area contributed by atoms with Gasteiger partial charge in [-0.1, -0.05) is 28.1 Å². The summed E-state index contributed by atoms with van der Waals surface area (Å²) in [5.74, 6) is 0. The van der Waals surface area contributed by atoms with E-state index in [1.807, 2.05) is 0 Å². The topological polar surface area (TPSA) is 40.5 Å². The third-order valence-electron chi connectivity index (χ3n) is 1.17. The van der Waals surface area contributed by atoms with E-state index < -0.39 is 7.12 Å². The van der Waals surface area contributed by atoms with Crippen LogP contribution in [0.2, 0.25) is 0 Å². The van der Waals surface area contributed by atoms with Crippen molar-refractivity contribution in [3.8, 4) is 0 Å². The summed E-state index contributed by atoms with van der Waals surface area (Å²) in [6, 6.07) is 6.81. The molecule has 0 aliphatic heterocycles. The molecular formula is C6H10BBrO2. The molecule has 0 atom stereocenters. The second kappa shape index (κ2) is 3.19. The summed E-state index contributed by atoms with van der Waals surface area (Å²) in [6.07, 6.45) is 0. The normalized spacial score (nSPS) is 9.50. The maximum Gasteiger partial charge on any atom is 0.488 e. The van der Waals surface area contributed by atoms with E-state index in [0.29, 0.717) is 5.46 Å². The monoisotopic (exact) mass is 204 g/mol. The van der Waals surface area contributed by atoms with Crippen LogP contribution in [0.5, 0.6) is 0 Å². The van der Waals surface area contributed by atoms with Crippen LogP contribution < -0.4 is 5.46 Å². The summed E-state index contributed by atoms with van der Waals surface area (Å²) >= 11 is 3.23. The molecule has 10 heavy (non-hydrogen) atoms.